The van der Waals surface area contributed by atoms with Gasteiger partial charge < -0.3 is 70.0 Å². The van der Waals surface area contributed by atoms with E-state index >= 15 is 0 Å². The molecule has 0 amide bonds. The molecule has 0 spiro atoms. The second kappa shape index (κ2) is 36.5. The van der Waals surface area contributed by atoms with Gasteiger partial charge >= 0.3 is 23.9 Å². The highest BCUT2D eigenvalue weighted by molar-refractivity contribution is 6.02. The first-order valence-corrected chi connectivity index (χ1v) is 27.3. The molecule has 2 aliphatic carbocycles. The fraction of sp³-hybridized carbons (Fsp3) is 0.548. The van der Waals surface area contributed by atoms with E-state index < -0.39 is 148 Å². The number of aliphatic hydroxyl groups excluding tert-OH is 10. The van der Waals surface area contributed by atoms with Crippen LogP contribution in [0.4, 0.5) is 0 Å². The Hall–Kier alpha value is -6.04. The van der Waals surface area contributed by atoms with Gasteiger partial charge in [0.05, 0.1) is 38.9 Å². The number of ether oxygens (including phenoxy) is 4. The van der Waals surface area contributed by atoms with E-state index in [0.29, 0.717) is 11.1 Å². The van der Waals surface area contributed by atoms with E-state index in [2.05, 4.69) is 0 Å². The zero-order valence-electron chi connectivity index (χ0n) is 49.5. The smallest absolute Gasteiger partial charge is 0.307 e. The fourth-order valence-electron chi connectivity index (χ4n) is 8.43. The van der Waals surface area contributed by atoms with Gasteiger partial charge in [-0.15, -0.1) is 0 Å². The number of aliphatic hydroxyl groups is 10. The highest BCUT2D eigenvalue weighted by Crippen LogP contribution is 2.42. The van der Waals surface area contributed by atoms with Gasteiger partial charge in [0.15, 0.2) is 23.8 Å². The molecular formula is C62H90O20. The van der Waals surface area contributed by atoms with Gasteiger partial charge in [0.25, 0.3) is 0 Å². The second-order valence-electron chi connectivity index (χ2n) is 21.3. The Morgan fingerprint density at radius 2 is 0.756 bits per heavy atom. The Kier molecular flexibility index (Phi) is 32.9. The quantitative estimate of drug-likeness (QED) is 0.0268. The number of rotatable bonds is 30. The topological polar surface area (TPSA) is 342 Å². The van der Waals surface area contributed by atoms with Gasteiger partial charge in [-0.2, -0.15) is 0 Å². The van der Waals surface area contributed by atoms with Crippen LogP contribution in [0.3, 0.4) is 0 Å². The Bertz CT molecular complexity index is 2340. The molecule has 0 saturated heterocycles. The summed E-state index contributed by atoms with van der Waals surface area (Å²) >= 11 is 0. The molecule has 0 aliphatic heterocycles. The third kappa shape index (κ3) is 25.2. The molecule has 0 aromatic rings. The van der Waals surface area contributed by atoms with Gasteiger partial charge in [-0.25, -0.2) is 0 Å². The summed E-state index contributed by atoms with van der Waals surface area (Å²) in [5, 5.41) is 95.6. The molecular weight excluding hydrogens is 1060 g/mol. The van der Waals surface area contributed by atoms with Crippen molar-refractivity contribution in [3.63, 3.8) is 0 Å². The SMILES string of the molecule is CC.CC1=C(/C=C/C(C)=C/C=C/C(C)=C/C=C/C=C(C)/C=C/C=C(C)/C=C/C2=C(C)C(=O)C(OC(=O)CCC(=O)OCC(O)C(O)C(O)C(O)CO)CC2(C)C)C(C)(C)CC(OC(=O)CCC(=O)OCC(O)C(O)C(O)C(O)CO)C1=O. The fourth-order valence-corrected chi connectivity index (χ4v) is 8.43. The summed E-state index contributed by atoms with van der Waals surface area (Å²) in [7, 11) is 0. The number of esters is 4. The molecule has 10 unspecified atom stereocenters. The van der Waals surface area contributed by atoms with Crippen LogP contribution in [-0.2, 0) is 47.7 Å². The molecule has 20 heteroatoms. The predicted octanol–water partition coefficient (Wildman–Crippen LogP) is 4.55. The first-order valence-electron chi connectivity index (χ1n) is 27.3. The molecule has 10 N–H and O–H groups in total. The van der Waals surface area contributed by atoms with E-state index in [4.69, 9.17) is 29.2 Å². The van der Waals surface area contributed by atoms with E-state index in [1.165, 1.54) is 0 Å². The predicted molar refractivity (Wildman–Crippen MR) is 307 cm³/mol. The standard InChI is InChI=1S/C60H84O20.C2H6/c1-35(17-13-19-37(3)21-23-41-39(5)53(71)47(29-59(41,7)8)79-51(69)27-25-49(67)77-33-45(65)57(75)55(73)43(63)31-61)15-11-12-16-36(2)18-14-20-38(4)22-24-42-40(6)54(72)48(30-60(42,9)10)80-52(70)28-26-50(68)78-34-46(66)58(76)56(74)44(64)32-62;1-2/h11-24,43-48,55-58,61-66,73-76H,25-34H2,1-10H3;1-2H3/b12-11+,17-13+,18-14+,23-21+,24-22+,35-15+,36-16+,37-19+,38-20+;. The first kappa shape index (κ1) is 74.0. The van der Waals surface area contributed by atoms with Crippen LogP contribution in [0.1, 0.15) is 122 Å². The summed E-state index contributed by atoms with van der Waals surface area (Å²) < 4.78 is 20.6. The zero-order chi connectivity index (χ0) is 62.7. The normalized spacial score (nSPS) is 21.3. The van der Waals surface area contributed by atoms with E-state index in [0.717, 1.165) is 33.4 Å². The van der Waals surface area contributed by atoms with Crippen LogP contribution in [0.15, 0.2) is 130 Å². The molecule has 0 fully saturated rings. The highest BCUT2D eigenvalue weighted by Gasteiger charge is 2.41. The number of hydrogen-bond donors (Lipinski definition) is 10. The van der Waals surface area contributed by atoms with Crippen molar-refractivity contribution in [2.75, 3.05) is 26.4 Å². The largest absolute Gasteiger partial charge is 0.463 e. The monoisotopic (exact) mass is 1150 g/mol. The van der Waals surface area contributed by atoms with Gasteiger partial charge in [-0.1, -0.05) is 149 Å². The molecule has 20 nitrogen and oxygen atoms in total. The minimum Gasteiger partial charge on any atom is -0.463 e. The van der Waals surface area contributed by atoms with Crippen LogP contribution < -0.4 is 0 Å². The maximum absolute atomic E-state index is 13.3. The first-order chi connectivity index (χ1) is 38.4. The van der Waals surface area contributed by atoms with Crippen LogP contribution in [-0.4, -0.2) is 174 Å². The molecule has 2 rings (SSSR count). The molecule has 0 heterocycles. The minimum absolute atomic E-state index is 0.208. The van der Waals surface area contributed by atoms with Crippen LogP contribution in [0.2, 0.25) is 0 Å². The van der Waals surface area contributed by atoms with Crippen molar-refractivity contribution < 1.29 is 98.8 Å². The van der Waals surface area contributed by atoms with Crippen LogP contribution in [0.25, 0.3) is 0 Å². The van der Waals surface area contributed by atoms with E-state index in [1.54, 1.807) is 13.8 Å². The summed E-state index contributed by atoms with van der Waals surface area (Å²) in [6.07, 6.45) is 8.98. The Balaban J connectivity index is 0.0000166. The summed E-state index contributed by atoms with van der Waals surface area (Å²) in [5.74, 6) is -4.14. The van der Waals surface area contributed by atoms with Crippen molar-refractivity contribution in [3.05, 3.63) is 130 Å². The number of hydrogen-bond acceptors (Lipinski definition) is 20. The molecule has 0 aromatic carbocycles. The summed E-state index contributed by atoms with van der Waals surface area (Å²) in [6, 6.07) is 0. The maximum Gasteiger partial charge on any atom is 0.307 e. The van der Waals surface area contributed by atoms with Crippen molar-refractivity contribution >= 4 is 35.4 Å². The molecule has 0 bridgehead atoms. The van der Waals surface area contributed by atoms with Crippen molar-refractivity contribution in [3.8, 4) is 0 Å². The minimum atomic E-state index is -1.91. The number of allylic oxidation sites excluding steroid dienone is 20. The lowest BCUT2D eigenvalue weighted by molar-refractivity contribution is -0.161. The Morgan fingerprint density at radius 3 is 1.07 bits per heavy atom. The maximum atomic E-state index is 13.3. The molecule has 2 aliphatic rings. The van der Waals surface area contributed by atoms with E-state index in [-0.39, 0.29) is 24.4 Å². The van der Waals surface area contributed by atoms with Gasteiger partial charge in [0.2, 0.25) is 0 Å². The lowest BCUT2D eigenvalue weighted by Crippen LogP contribution is -2.47. The molecule has 0 aromatic heterocycles. The van der Waals surface area contributed by atoms with E-state index in [9.17, 15) is 69.6 Å². The third-order valence-corrected chi connectivity index (χ3v) is 13.4. The second-order valence-corrected chi connectivity index (χ2v) is 21.3. The van der Waals surface area contributed by atoms with Crippen molar-refractivity contribution in [1.29, 1.82) is 0 Å². The summed E-state index contributed by atoms with van der Waals surface area (Å²) in [4.78, 5) is 76.2. The van der Waals surface area contributed by atoms with Gasteiger partial charge in [-0.05, 0) is 74.7 Å². The number of Topliss-reactive ketones (excluding diaryl/α,β-unsaturated/α-hetero) is 2. The van der Waals surface area contributed by atoms with Crippen molar-refractivity contribution in [1.82, 2.24) is 0 Å². The van der Waals surface area contributed by atoms with Crippen molar-refractivity contribution in [2.45, 2.75) is 183 Å². The lowest BCUT2D eigenvalue weighted by atomic mass is 9.71. The lowest BCUT2D eigenvalue weighted by Gasteiger charge is -2.36. The molecule has 0 radical (unpaired) electrons. The van der Waals surface area contributed by atoms with E-state index in [1.807, 2.05) is 154 Å². The summed E-state index contributed by atoms with van der Waals surface area (Å²) in [6.45, 7) is 19.7. The molecule has 10 atom stereocenters. The average Bonchev–Trinajstić information content (AvgIpc) is 3.43. The van der Waals surface area contributed by atoms with Gasteiger partial charge in [-0.3, -0.25) is 28.8 Å². The average molecular weight is 1160 g/mol. The van der Waals surface area contributed by atoms with Crippen LogP contribution in [0, 0.1) is 10.8 Å². The van der Waals surface area contributed by atoms with Gasteiger partial charge in [0.1, 0.15) is 62.0 Å². The number of carbonyl (C=O) groups is 6. The van der Waals surface area contributed by atoms with Gasteiger partial charge in [0, 0.05) is 12.8 Å². The zero-order valence-corrected chi connectivity index (χ0v) is 49.5. The highest BCUT2D eigenvalue weighted by atomic mass is 16.6. The van der Waals surface area contributed by atoms with Crippen LogP contribution >= 0.6 is 0 Å². The Morgan fingerprint density at radius 1 is 0.476 bits per heavy atom. The summed E-state index contributed by atoms with van der Waals surface area (Å²) in [5.41, 5.74) is 5.22. The molecule has 82 heavy (non-hydrogen) atoms. The Labute approximate surface area is 482 Å². The molecule has 458 valence electrons. The number of carbonyl (C=O) groups excluding carboxylic acids is 6. The van der Waals surface area contributed by atoms with Crippen LogP contribution in [0.5, 0.6) is 0 Å². The third-order valence-electron chi connectivity index (χ3n) is 13.4. The van der Waals surface area contributed by atoms with Crippen molar-refractivity contribution in [2.24, 2.45) is 10.8 Å². The molecule has 0 saturated carbocycles. The number of ketones is 2.